The standard InChI is InChI=1S/C16H28N4O8S/c1-3-7(2)12(20-13(24)8(17)5-21)15(26)18-9(4-11(22)23)14(25)19-10(6-29)16(27)28/h7-10,12,21,29H,3-6,17H2,1-2H3,(H,18,26)(H,19,25)(H,20,24)(H,22,23)(H,27,28). The minimum absolute atomic E-state index is 0.251. The van der Waals surface area contributed by atoms with Gasteiger partial charge in [-0.2, -0.15) is 12.6 Å². The molecule has 0 aliphatic rings. The van der Waals surface area contributed by atoms with Gasteiger partial charge in [-0.15, -0.1) is 0 Å². The van der Waals surface area contributed by atoms with Crippen LogP contribution in [-0.4, -0.2) is 81.5 Å². The van der Waals surface area contributed by atoms with Crippen LogP contribution < -0.4 is 21.7 Å². The molecule has 13 heteroatoms. The van der Waals surface area contributed by atoms with E-state index in [1.54, 1.807) is 13.8 Å². The van der Waals surface area contributed by atoms with Gasteiger partial charge in [0, 0.05) is 5.75 Å². The number of nitrogens with one attached hydrogen (secondary N) is 3. The third-order valence-corrected chi connectivity index (χ3v) is 4.50. The predicted molar refractivity (Wildman–Crippen MR) is 104 cm³/mol. The lowest BCUT2D eigenvalue weighted by atomic mass is 9.97. The molecule has 29 heavy (non-hydrogen) atoms. The summed E-state index contributed by atoms with van der Waals surface area (Å²) in [6, 6.07) is -5.39. The molecule has 0 fully saturated rings. The SMILES string of the molecule is CCC(C)C(NC(=O)C(N)CO)C(=O)NC(CC(=O)O)C(=O)NC(CS)C(=O)O. The van der Waals surface area contributed by atoms with E-state index in [9.17, 15) is 24.0 Å². The molecule has 166 valence electrons. The third-order valence-electron chi connectivity index (χ3n) is 4.14. The van der Waals surface area contributed by atoms with Crippen LogP contribution in [0.2, 0.25) is 0 Å². The van der Waals surface area contributed by atoms with E-state index in [4.69, 9.17) is 21.1 Å². The molecule has 0 saturated carbocycles. The highest BCUT2D eigenvalue weighted by Gasteiger charge is 2.33. The minimum atomic E-state index is -1.59. The molecule has 8 N–H and O–H groups in total. The lowest BCUT2D eigenvalue weighted by molar-refractivity contribution is -0.143. The van der Waals surface area contributed by atoms with Crippen molar-refractivity contribution in [1.82, 2.24) is 16.0 Å². The van der Waals surface area contributed by atoms with Gasteiger partial charge in [-0.25, -0.2) is 4.79 Å². The van der Waals surface area contributed by atoms with Gasteiger partial charge in [-0.05, 0) is 5.92 Å². The van der Waals surface area contributed by atoms with Crippen molar-refractivity contribution in [1.29, 1.82) is 0 Å². The molecule has 0 radical (unpaired) electrons. The number of aliphatic hydroxyl groups is 1. The van der Waals surface area contributed by atoms with Gasteiger partial charge in [0.25, 0.3) is 0 Å². The van der Waals surface area contributed by atoms with E-state index in [1.165, 1.54) is 0 Å². The Morgan fingerprint density at radius 2 is 1.52 bits per heavy atom. The number of nitrogens with two attached hydrogens (primary N) is 1. The zero-order valence-electron chi connectivity index (χ0n) is 16.1. The van der Waals surface area contributed by atoms with E-state index in [1.807, 2.05) is 0 Å². The Labute approximate surface area is 173 Å². The number of carbonyl (C=O) groups excluding carboxylic acids is 3. The number of rotatable bonds is 13. The number of carboxylic acids is 2. The number of thiol groups is 1. The van der Waals surface area contributed by atoms with Crippen molar-refractivity contribution in [2.24, 2.45) is 11.7 Å². The number of carbonyl (C=O) groups is 5. The molecular formula is C16H28N4O8S. The Morgan fingerprint density at radius 3 is 1.93 bits per heavy atom. The van der Waals surface area contributed by atoms with Crippen LogP contribution in [0.3, 0.4) is 0 Å². The van der Waals surface area contributed by atoms with Gasteiger partial charge in [0.15, 0.2) is 0 Å². The lowest BCUT2D eigenvalue weighted by Gasteiger charge is -2.27. The fourth-order valence-corrected chi connectivity index (χ4v) is 2.40. The van der Waals surface area contributed by atoms with Crippen molar-refractivity contribution in [3.05, 3.63) is 0 Å². The van der Waals surface area contributed by atoms with Gasteiger partial charge in [0.1, 0.15) is 24.2 Å². The van der Waals surface area contributed by atoms with Gasteiger partial charge >= 0.3 is 11.9 Å². The largest absolute Gasteiger partial charge is 0.481 e. The van der Waals surface area contributed by atoms with E-state index in [0.717, 1.165) is 0 Å². The second kappa shape index (κ2) is 13.0. The molecule has 0 spiro atoms. The molecule has 0 aliphatic heterocycles. The first kappa shape index (κ1) is 26.6. The van der Waals surface area contributed by atoms with E-state index >= 15 is 0 Å². The van der Waals surface area contributed by atoms with Gasteiger partial charge in [-0.1, -0.05) is 20.3 Å². The molecule has 12 nitrogen and oxygen atoms in total. The zero-order chi connectivity index (χ0) is 22.7. The summed E-state index contributed by atoms with van der Waals surface area (Å²) in [6.45, 7) is 2.74. The highest BCUT2D eigenvalue weighted by Crippen LogP contribution is 2.09. The summed E-state index contributed by atoms with van der Waals surface area (Å²) in [5.74, 6) is -6.12. The summed E-state index contributed by atoms with van der Waals surface area (Å²) in [6.07, 6.45) is -0.364. The van der Waals surface area contributed by atoms with Crippen LogP contribution in [-0.2, 0) is 24.0 Å². The maximum absolute atomic E-state index is 12.6. The van der Waals surface area contributed by atoms with Crippen LogP contribution in [0.15, 0.2) is 0 Å². The van der Waals surface area contributed by atoms with Crippen molar-refractivity contribution in [2.75, 3.05) is 12.4 Å². The third kappa shape index (κ3) is 9.11. The highest BCUT2D eigenvalue weighted by molar-refractivity contribution is 7.80. The first-order chi connectivity index (χ1) is 13.5. The molecule has 0 aliphatic carbocycles. The lowest BCUT2D eigenvalue weighted by Crippen LogP contribution is -2.59. The van der Waals surface area contributed by atoms with Crippen molar-refractivity contribution in [2.45, 2.75) is 50.9 Å². The first-order valence-corrected chi connectivity index (χ1v) is 9.44. The van der Waals surface area contributed by atoms with Crippen LogP contribution in [0.4, 0.5) is 0 Å². The summed E-state index contributed by atoms with van der Waals surface area (Å²) < 4.78 is 0. The van der Waals surface area contributed by atoms with Crippen molar-refractivity contribution < 1.29 is 39.3 Å². The van der Waals surface area contributed by atoms with Crippen LogP contribution >= 0.6 is 12.6 Å². The fraction of sp³-hybridized carbons (Fsp3) is 0.688. The van der Waals surface area contributed by atoms with Crippen LogP contribution in [0.5, 0.6) is 0 Å². The van der Waals surface area contributed by atoms with Crippen molar-refractivity contribution in [3.8, 4) is 0 Å². The van der Waals surface area contributed by atoms with E-state index in [2.05, 4.69) is 28.6 Å². The number of hydrogen-bond acceptors (Lipinski definition) is 8. The molecule has 0 heterocycles. The summed E-state index contributed by atoms with van der Waals surface area (Å²) in [4.78, 5) is 59.0. The molecule has 0 bridgehead atoms. The monoisotopic (exact) mass is 436 g/mol. The highest BCUT2D eigenvalue weighted by atomic mass is 32.1. The maximum Gasteiger partial charge on any atom is 0.327 e. The predicted octanol–water partition coefficient (Wildman–Crippen LogP) is -2.70. The van der Waals surface area contributed by atoms with E-state index in [0.29, 0.717) is 6.42 Å². The Bertz CT molecular complexity index is 618. The molecule has 5 atom stereocenters. The Kier molecular flexibility index (Phi) is 11.9. The molecule has 0 aromatic heterocycles. The maximum atomic E-state index is 12.6. The minimum Gasteiger partial charge on any atom is -0.481 e. The van der Waals surface area contributed by atoms with E-state index < -0.39 is 72.8 Å². The van der Waals surface area contributed by atoms with Gasteiger partial charge in [0.2, 0.25) is 17.7 Å². The molecule has 0 rings (SSSR count). The quantitative estimate of drug-likeness (QED) is 0.141. The number of carboxylic acid groups (broad SMARTS) is 2. The Hall–Kier alpha value is -2.38. The Morgan fingerprint density at radius 1 is 0.966 bits per heavy atom. The van der Waals surface area contributed by atoms with Crippen LogP contribution in [0, 0.1) is 5.92 Å². The van der Waals surface area contributed by atoms with Gasteiger partial charge in [-0.3, -0.25) is 19.2 Å². The van der Waals surface area contributed by atoms with Gasteiger partial charge < -0.3 is 37.0 Å². The summed E-state index contributed by atoms with van der Waals surface area (Å²) >= 11 is 3.80. The second-order valence-electron chi connectivity index (χ2n) is 6.40. The number of amides is 3. The molecule has 5 unspecified atom stereocenters. The number of hydrogen-bond donors (Lipinski definition) is 8. The molecule has 0 aromatic carbocycles. The molecule has 0 aromatic rings. The second-order valence-corrected chi connectivity index (χ2v) is 6.77. The fourth-order valence-electron chi connectivity index (χ4n) is 2.15. The van der Waals surface area contributed by atoms with Crippen molar-refractivity contribution in [3.63, 3.8) is 0 Å². The number of aliphatic hydroxyl groups excluding tert-OH is 1. The van der Waals surface area contributed by atoms with E-state index in [-0.39, 0.29) is 5.75 Å². The summed E-state index contributed by atoms with van der Waals surface area (Å²) in [5, 5.41) is 33.6. The molecule has 0 saturated heterocycles. The Balaban J connectivity index is 5.46. The average Bonchev–Trinajstić information content (AvgIpc) is 2.66. The van der Waals surface area contributed by atoms with Crippen molar-refractivity contribution >= 4 is 42.3 Å². The summed E-state index contributed by atoms with van der Waals surface area (Å²) in [5.41, 5.74) is 5.42. The van der Waals surface area contributed by atoms with Crippen LogP contribution in [0.1, 0.15) is 26.7 Å². The summed E-state index contributed by atoms with van der Waals surface area (Å²) in [7, 11) is 0. The molecule has 3 amide bonds. The normalized spacial score (nSPS) is 15.9. The average molecular weight is 436 g/mol. The van der Waals surface area contributed by atoms with Crippen LogP contribution in [0.25, 0.3) is 0 Å². The topological polar surface area (TPSA) is 208 Å². The smallest absolute Gasteiger partial charge is 0.327 e. The molecular weight excluding hydrogens is 408 g/mol. The first-order valence-electron chi connectivity index (χ1n) is 8.81. The van der Waals surface area contributed by atoms with Gasteiger partial charge in [0.05, 0.1) is 13.0 Å². The zero-order valence-corrected chi connectivity index (χ0v) is 17.0. The number of aliphatic carboxylic acids is 2.